The van der Waals surface area contributed by atoms with E-state index in [0.717, 1.165) is 63.9 Å². The molecule has 0 radical (unpaired) electrons. The third-order valence-corrected chi connectivity index (χ3v) is 11.3. The average molecular weight is 621 g/mol. The van der Waals surface area contributed by atoms with Gasteiger partial charge in [0, 0.05) is 53.5 Å². The summed E-state index contributed by atoms with van der Waals surface area (Å²) in [5.74, 6) is 8.06. The topological polar surface area (TPSA) is 96.6 Å². The van der Waals surface area contributed by atoms with Crippen LogP contribution in [0.15, 0.2) is 51.7 Å². The molecule has 0 aliphatic carbocycles. The summed E-state index contributed by atoms with van der Waals surface area (Å²) < 4.78 is 29.0. The van der Waals surface area contributed by atoms with Crippen molar-refractivity contribution in [1.82, 2.24) is 19.9 Å². The van der Waals surface area contributed by atoms with E-state index in [0.29, 0.717) is 37.7 Å². The van der Waals surface area contributed by atoms with Gasteiger partial charge in [-0.05, 0) is 43.3 Å². The molecule has 1 amide bonds. The van der Waals surface area contributed by atoms with Gasteiger partial charge in [-0.3, -0.25) is 9.69 Å². The summed E-state index contributed by atoms with van der Waals surface area (Å²) in [4.78, 5) is 22.9. The van der Waals surface area contributed by atoms with E-state index in [1.54, 1.807) is 22.7 Å². The highest BCUT2D eigenvalue weighted by atomic mass is 32.2. The summed E-state index contributed by atoms with van der Waals surface area (Å²) in [6.45, 7) is 5.02. The minimum Gasteiger partial charge on any atom is -0.360 e. The summed E-state index contributed by atoms with van der Waals surface area (Å²) in [6.07, 6.45) is 2.30. The Morgan fingerprint density at radius 3 is 2.67 bits per heavy atom. The molecular formula is C31H32N4O4S3. The molecule has 5 heterocycles. The minimum atomic E-state index is -2.90. The van der Waals surface area contributed by atoms with E-state index < -0.39 is 9.84 Å². The van der Waals surface area contributed by atoms with Crippen LogP contribution in [-0.4, -0.2) is 78.5 Å². The van der Waals surface area contributed by atoms with Gasteiger partial charge in [0.1, 0.15) is 11.5 Å². The molecule has 2 saturated heterocycles. The number of carbonyl (C=O) groups excluding carboxylic acids is 1. The molecule has 218 valence electrons. The fourth-order valence-corrected chi connectivity index (χ4v) is 8.37. The number of hydrogen-bond acceptors (Lipinski definition) is 9. The first-order valence-electron chi connectivity index (χ1n) is 14.1. The van der Waals surface area contributed by atoms with Crippen LogP contribution in [0.2, 0.25) is 0 Å². The Labute approximate surface area is 254 Å². The maximum Gasteiger partial charge on any atom is 0.227 e. The predicted molar refractivity (Wildman–Crippen MR) is 166 cm³/mol. The Morgan fingerprint density at radius 1 is 1.10 bits per heavy atom. The zero-order chi connectivity index (χ0) is 29.1. The third kappa shape index (κ3) is 6.68. The number of likely N-dealkylation sites (tertiary alicyclic amines) is 1. The molecule has 42 heavy (non-hydrogen) atoms. The molecule has 0 saturated carbocycles. The Bertz CT molecular complexity index is 1710. The van der Waals surface area contributed by atoms with Crippen LogP contribution < -0.4 is 0 Å². The van der Waals surface area contributed by atoms with Gasteiger partial charge >= 0.3 is 0 Å². The van der Waals surface area contributed by atoms with Gasteiger partial charge < -0.3 is 9.42 Å². The maximum atomic E-state index is 12.7. The molecule has 6 rings (SSSR count). The van der Waals surface area contributed by atoms with Crippen molar-refractivity contribution in [3.63, 3.8) is 0 Å². The van der Waals surface area contributed by atoms with Gasteiger partial charge in [0.2, 0.25) is 5.91 Å². The monoisotopic (exact) mass is 620 g/mol. The quantitative estimate of drug-likeness (QED) is 0.284. The zero-order valence-electron chi connectivity index (χ0n) is 23.4. The van der Waals surface area contributed by atoms with Gasteiger partial charge in [-0.15, -0.1) is 22.7 Å². The number of sulfone groups is 1. The highest BCUT2D eigenvalue weighted by Crippen LogP contribution is 2.38. The van der Waals surface area contributed by atoms with Gasteiger partial charge in [-0.2, -0.15) is 0 Å². The minimum absolute atomic E-state index is 0.200. The normalized spacial score (nSPS) is 17.6. The molecule has 1 aromatic carbocycles. The number of piperidine rings is 1. The van der Waals surface area contributed by atoms with Crippen molar-refractivity contribution in [3.05, 3.63) is 68.4 Å². The van der Waals surface area contributed by atoms with E-state index in [9.17, 15) is 13.2 Å². The van der Waals surface area contributed by atoms with E-state index in [1.807, 2.05) is 53.6 Å². The number of hydrogen-bond donors (Lipinski definition) is 0. The van der Waals surface area contributed by atoms with E-state index in [4.69, 9.17) is 9.51 Å². The van der Waals surface area contributed by atoms with Gasteiger partial charge in [0.25, 0.3) is 0 Å². The lowest BCUT2D eigenvalue weighted by Crippen LogP contribution is -2.40. The number of aromatic nitrogens is 2. The zero-order valence-corrected chi connectivity index (χ0v) is 25.9. The molecule has 3 aromatic heterocycles. The number of rotatable bonds is 6. The van der Waals surface area contributed by atoms with Crippen LogP contribution in [-0.2, 0) is 21.1 Å². The van der Waals surface area contributed by atoms with E-state index in [1.165, 1.54) is 0 Å². The number of thiophene rings is 1. The summed E-state index contributed by atoms with van der Waals surface area (Å²) in [7, 11) is -2.90. The number of carbonyl (C=O) groups is 1. The van der Waals surface area contributed by atoms with Gasteiger partial charge in [0.05, 0.1) is 40.7 Å². The van der Waals surface area contributed by atoms with Crippen LogP contribution in [0, 0.1) is 18.8 Å². The van der Waals surface area contributed by atoms with Crippen LogP contribution in [0.5, 0.6) is 0 Å². The molecule has 0 spiro atoms. The second kappa shape index (κ2) is 12.5. The van der Waals surface area contributed by atoms with Crippen molar-refractivity contribution in [2.24, 2.45) is 0 Å². The second-order valence-electron chi connectivity index (χ2n) is 10.8. The van der Waals surface area contributed by atoms with Crippen LogP contribution >= 0.6 is 22.7 Å². The Kier molecular flexibility index (Phi) is 8.58. The first-order chi connectivity index (χ1) is 20.3. The molecule has 2 aliphatic heterocycles. The molecule has 0 unspecified atom stereocenters. The van der Waals surface area contributed by atoms with Crippen molar-refractivity contribution < 1.29 is 17.7 Å². The number of aryl methyl sites for hydroxylation is 1. The maximum absolute atomic E-state index is 12.7. The third-order valence-electron chi connectivity index (χ3n) is 7.85. The molecular weight excluding hydrogens is 589 g/mol. The fourth-order valence-electron chi connectivity index (χ4n) is 5.42. The van der Waals surface area contributed by atoms with Crippen molar-refractivity contribution in [2.45, 2.75) is 32.1 Å². The lowest BCUT2D eigenvalue weighted by Gasteiger charge is -2.31. The molecule has 0 N–H and O–H groups in total. The largest absolute Gasteiger partial charge is 0.360 e. The molecule has 11 heteroatoms. The highest BCUT2D eigenvalue weighted by Gasteiger charge is 2.27. The van der Waals surface area contributed by atoms with Crippen molar-refractivity contribution in [1.29, 1.82) is 0 Å². The highest BCUT2D eigenvalue weighted by molar-refractivity contribution is 7.91. The summed E-state index contributed by atoms with van der Waals surface area (Å²) in [5, 5.41) is 9.57. The van der Waals surface area contributed by atoms with E-state index in [2.05, 4.69) is 27.3 Å². The number of thiazole rings is 1. The first kappa shape index (κ1) is 28.8. The number of amides is 1. The van der Waals surface area contributed by atoms with Crippen LogP contribution in [0.1, 0.15) is 40.0 Å². The Morgan fingerprint density at radius 2 is 1.90 bits per heavy atom. The number of nitrogens with zero attached hydrogens (tertiary/aromatic N) is 4. The van der Waals surface area contributed by atoms with Gasteiger partial charge in [-0.25, -0.2) is 13.4 Å². The molecule has 0 atom stereocenters. The van der Waals surface area contributed by atoms with E-state index in [-0.39, 0.29) is 17.4 Å². The SMILES string of the molecule is Cc1onc(-c2cccc(C#CCN3CCS(=O)(=O)CC3)c2)c1-c1csc(C2CCN(C(=O)Cc3cccs3)CC2)n1. The van der Waals surface area contributed by atoms with Crippen LogP contribution in [0.4, 0.5) is 0 Å². The standard InChI is InChI=1S/C31H32N4O4S3/c1-22-29(27-21-41-31(32-27)24-9-12-35(13-10-24)28(36)20-26-8-4-16-40-26)30(33-39-22)25-7-2-5-23(19-25)6-3-11-34-14-17-42(37,38)18-15-34/h2,4-5,7-8,16,19,21,24H,9-15,17-18,20H2,1H3. The Balaban J connectivity index is 1.12. The molecule has 2 fully saturated rings. The van der Waals surface area contributed by atoms with E-state index >= 15 is 0 Å². The molecule has 4 aromatic rings. The van der Waals surface area contributed by atoms with Gasteiger partial charge in [0.15, 0.2) is 9.84 Å². The average Bonchev–Trinajstić information content (AvgIpc) is 3.76. The summed E-state index contributed by atoms with van der Waals surface area (Å²) in [6, 6.07) is 11.9. The lowest BCUT2D eigenvalue weighted by molar-refractivity contribution is -0.131. The first-order valence-corrected chi connectivity index (χ1v) is 17.7. The summed E-state index contributed by atoms with van der Waals surface area (Å²) >= 11 is 3.29. The second-order valence-corrected chi connectivity index (χ2v) is 15.0. The lowest BCUT2D eigenvalue weighted by atomic mass is 9.97. The smallest absolute Gasteiger partial charge is 0.227 e. The van der Waals surface area contributed by atoms with Crippen molar-refractivity contribution in [3.8, 4) is 34.4 Å². The van der Waals surface area contributed by atoms with Crippen molar-refractivity contribution in [2.75, 3.05) is 44.2 Å². The summed E-state index contributed by atoms with van der Waals surface area (Å²) in [5.41, 5.74) is 4.26. The molecule has 8 nitrogen and oxygen atoms in total. The van der Waals surface area contributed by atoms with Crippen LogP contribution in [0.3, 0.4) is 0 Å². The number of benzene rings is 1. The Hall–Kier alpha value is -3.30. The molecule has 0 bridgehead atoms. The molecule has 2 aliphatic rings. The fraction of sp³-hybridized carbons (Fsp3) is 0.387. The predicted octanol–water partition coefficient (Wildman–Crippen LogP) is 4.87. The van der Waals surface area contributed by atoms with Crippen molar-refractivity contribution >= 4 is 38.4 Å². The van der Waals surface area contributed by atoms with Crippen LogP contribution in [0.25, 0.3) is 22.5 Å². The van der Waals surface area contributed by atoms with Gasteiger partial charge in [-0.1, -0.05) is 35.2 Å².